The molecule has 2 aliphatic rings. The Morgan fingerprint density at radius 3 is 2.62 bits per heavy atom. The Balaban J connectivity index is 1.97. The Hall–Kier alpha value is -1.93. The number of β-lactam (4-membered cyclic amide) rings is 1. The molecular weight excluding hydrogens is 328 g/mol. The number of fused-ring (bicyclic) bond motifs is 1. The maximum Gasteiger partial charge on any atom is 0.344 e. The van der Waals surface area contributed by atoms with Crippen molar-refractivity contribution in [3.05, 3.63) is 22.6 Å². The van der Waals surface area contributed by atoms with Crippen molar-refractivity contribution in [1.82, 2.24) is 14.5 Å². The molecule has 1 aliphatic carbocycles. The quantitative estimate of drug-likeness (QED) is 0.476. The third-order valence-electron chi connectivity index (χ3n) is 4.82. The average molecular weight is 346 g/mol. The van der Waals surface area contributed by atoms with Gasteiger partial charge in [-0.1, -0.05) is 12.8 Å². The molecule has 0 N–H and O–H groups in total. The molecule has 0 bridgehead atoms. The van der Waals surface area contributed by atoms with Gasteiger partial charge in [-0.3, -0.25) is 14.2 Å². The molecule has 4 rings (SSSR count). The number of carbonyl (C=O) groups excluding carboxylic acids is 1. The van der Waals surface area contributed by atoms with Crippen molar-refractivity contribution in [2.45, 2.75) is 43.3 Å². The van der Waals surface area contributed by atoms with E-state index in [0.29, 0.717) is 29.7 Å². The first-order chi connectivity index (χ1) is 11.6. The zero-order chi connectivity index (χ0) is 16.8. The molecule has 7 nitrogen and oxygen atoms in total. The van der Waals surface area contributed by atoms with E-state index < -0.39 is 11.2 Å². The molecule has 1 saturated heterocycles. The molecule has 3 heterocycles. The molecule has 0 radical (unpaired) electrons. The van der Waals surface area contributed by atoms with Gasteiger partial charge in [0.15, 0.2) is 5.65 Å². The highest BCUT2D eigenvalue weighted by Crippen LogP contribution is 2.32. The first-order valence-corrected chi connectivity index (χ1v) is 9.68. The SMILES string of the molecule is C[S+]([O-])c1ncc2cc(N3CCC3=O)c(=O)n(C3CCCC3)c2n1. The van der Waals surface area contributed by atoms with Gasteiger partial charge in [-0.2, -0.15) is 9.97 Å². The summed E-state index contributed by atoms with van der Waals surface area (Å²) in [5.74, 6) is -0.0309. The molecule has 2 fully saturated rings. The van der Waals surface area contributed by atoms with Crippen LogP contribution in [0.5, 0.6) is 0 Å². The van der Waals surface area contributed by atoms with Crippen LogP contribution in [-0.4, -0.2) is 37.8 Å². The van der Waals surface area contributed by atoms with Gasteiger partial charge in [-0.25, -0.2) is 0 Å². The number of hydrogen-bond donors (Lipinski definition) is 0. The first kappa shape index (κ1) is 15.6. The van der Waals surface area contributed by atoms with E-state index in [1.54, 1.807) is 16.8 Å². The minimum absolute atomic E-state index is 0.0309. The van der Waals surface area contributed by atoms with Crippen LogP contribution in [0.1, 0.15) is 38.1 Å². The molecular formula is C16H18N4O3S. The lowest BCUT2D eigenvalue weighted by Gasteiger charge is -2.31. The summed E-state index contributed by atoms with van der Waals surface area (Å²) in [5, 5.41) is 0.923. The summed E-state index contributed by atoms with van der Waals surface area (Å²) in [6, 6.07) is 1.76. The van der Waals surface area contributed by atoms with Crippen molar-refractivity contribution in [3.8, 4) is 0 Å². The van der Waals surface area contributed by atoms with Crippen LogP contribution in [0.2, 0.25) is 0 Å². The van der Waals surface area contributed by atoms with Gasteiger partial charge in [-0.05, 0) is 18.9 Å². The lowest BCUT2D eigenvalue weighted by atomic mass is 10.1. The zero-order valence-corrected chi connectivity index (χ0v) is 14.2. The monoisotopic (exact) mass is 346 g/mol. The number of rotatable bonds is 3. The van der Waals surface area contributed by atoms with Gasteiger partial charge in [0.2, 0.25) is 5.91 Å². The van der Waals surface area contributed by atoms with Crippen LogP contribution in [0.3, 0.4) is 0 Å². The molecule has 0 aromatic carbocycles. The number of carbonyl (C=O) groups is 1. The summed E-state index contributed by atoms with van der Waals surface area (Å²) in [7, 11) is 0. The Labute approximate surface area is 141 Å². The number of aromatic nitrogens is 3. The van der Waals surface area contributed by atoms with Gasteiger partial charge in [-0.15, -0.1) is 0 Å². The lowest BCUT2D eigenvalue weighted by Crippen LogP contribution is -2.47. The van der Waals surface area contributed by atoms with Crippen molar-refractivity contribution < 1.29 is 9.35 Å². The van der Waals surface area contributed by atoms with E-state index in [-0.39, 0.29) is 22.7 Å². The second-order valence-corrected chi connectivity index (χ2v) is 7.60. The van der Waals surface area contributed by atoms with Gasteiger partial charge in [0.05, 0.1) is 0 Å². The average Bonchev–Trinajstić information content (AvgIpc) is 3.07. The van der Waals surface area contributed by atoms with Gasteiger partial charge < -0.3 is 9.45 Å². The lowest BCUT2D eigenvalue weighted by molar-refractivity contribution is -0.122. The molecule has 2 aromatic rings. The Kier molecular flexibility index (Phi) is 3.80. The summed E-state index contributed by atoms with van der Waals surface area (Å²) in [6.07, 6.45) is 7.57. The number of hydrogen-bond acceptors (Lipinski definition) is 5. The van der Waals surface area contributed by atoms with Crippen LogP contribution < -0.4 is 10.5 Å². The van der Waals surface area contributed by atoms with Gasteiger partial charge in [0.1, 0.15) is 11.9 Å². The van der Waals surface area contributed by atoms with Crippen molar-refractivity contribution in [3.63, 3.8) is 0 Å². The second-order valence-electron chi connectivity index (χ2n) is 6.32. The fourth-order valence-corrected chi connectivity index (χ4v) is 3.91. The van der Waals surface area contributed by atoms with Crippen molar-refractivity contribution in [2.75, 3.05) is 17.7 Å². The molecule has 24 heavy (non-hydrogen) atoms. The summed E-state index contributed by atoms with van der Waals surface area (Å²) < 4.78 is 13.4. The fourth-order valence-electron chi connectivity index (χ4n) is 3.49. The minimum atomic E-state index is -1.31. The smallest absolute Gasteiger partial charge is 0.344 e. The third kappa shape index (κ3) is 2.41. The van der Waals surface area contributed by atoms with Gasteiger partial charge >= 0.3 is 5.16 Å². The van der Waals surface area contributed by atoms with Crippen molar-refractivity contribution in [1.29, 1.82) is 0 Å². The summed E-state index contributed by atoms with van der Waals surface area (Å²) in [6.45, 7) is 0.572. The highest BCUT2D eigenvalue weighted by molar-refractivity contribution is 7.90. The maximum absolute atomic E-state index is 13.1. The third-order valence-corrected chi connectivity index (χ3v) is 5.53. The Morgan fingerprint density at radius 1 is 1.29 bits per heavy atom. The van der Waals surface area contributed by atoms with E-state index in [2.05, 4.69) is 9.97 Å². The molecule has 0 spiro atoms. The summed E-state index contributed by atoms with van der Waals surface area (Å²) in [4.78, 5) is 34.9. The van der Waals surface area contributed by atoms with Gasteiger partial charge in [0, 0.05) is 41.8 Å². The number of amides is 1. The van der Waals surface area contributed by atoms with Gasteiger partial charge in [0.25, 0.3) is 5.56 Å². The predicted octanol–water partition coefficient (Wildman–Crippen LogP) is 1.38. The highest BCUT2D eigenvalue weighted by atomic mass is 32.2. The fraction of sp³-hybridized carbons (Fsp3) is 0.500. The van der Waals surface area contributed by atoms with Crippen LogP contribution >= 0.6 is 0 Å². The molecule has 8 heteroatoms. The largest absolute Gasteiger partial charge is 0.609 e. The van der Waals surface area contributed by atoms with E-state index in [0.717, 1.165) is 25.7 Å². The molecule has 1 atom stereocenters. The van der Waals surface area contributed by atoms with Crippen LogP contribution in [0.25, 0.3) is 11.0 Å². The topological polar surface area (TPSA) is 91.2 Å². The zero-order valence-electron chi connectivity index (χ0n) is 13.4. The summed E-state index contributed by atoms with van der Waals surface area (Å²) in [5.41, 5.74) is 0.734. The molecule has 1 unspecified atom stereocenters. The van der Waals surface area contributed by atoms with E-state index in [4.69, 9.17) is 0 Å². The number of anilines is 1. The number of pyridine rings is 1. The molecule has 126 valence electrons. The standard InChI is InChI=1S/C16H18N4O3S/c1-24(23)16-17-9-10-8-12(19-7-6-13(19)21)15(22)20(14(10)18-16)11-4-2-3-5-11/h8-9,11H,2-7H2,1H3. The van der Waals surface area contributed by atoms with Crippen LogP contribution in [0, 0.1) is 0 Å². The van der Waals surface area contributed by atoms with Crippen LogP contribution in [0.4, 0.5) is 5.69 Å². The van der Waals surface area contributed by atoms with E-state index >= 15 is 0 Å². The highest BCUT2D eigenvalue weighted by Gasteiger charge is 2.31. The van der Waals surface area contributed by atoms with Crippen molar-refractivity contribution >= 4 is 33.8 Å². The Bertz CT molecular complexity index is 873. The predicted molar refractivity (Wildman–Crippen MR) is 90.6 cm³/mol. The minimum Gasteiger partial charge on any atom is -0.609 e. The van der Waals surface area contributed by atoms with E-state index in [1.165, 1.54) is 11.2 Å². The first-order valence-electron chi connectivity index (χ1n) is 8.12. The van der Waals surface area contributed by atoms with Crippen LogP contribution in [-0.2, 0) is 16.0 Å². The molecule has 1 amide bonds. The second kappa shape index (κ2) is 5.86. The summed E-state index contributed by atoms with van der Waals surface area (Å²) >= 11 is -1.31. The normalized spacial score (nSPS) is 19.8. The van der Waals surface area contributed by atoms with Crippen molar-refractivity contribution in [2.24, 2.45) is 0 Å². The molecule has 1 aliphatic heterocycles. The Morgan fingerprint density at radius 2 is 2.04 bits per heavy atom. The van der Waals surface area contributed by atoms with E-state index in [1.807, 2.05) is 0 Å². The number of nitrogens with zero attached hydrogens (tertiary/aromatic N) is 4. The molecule has 1 saturated carbocycles. The molecule has 2 aromatic heterocycles. The maximum atomic E-state index is 13.1. The van der Waals surface area contributed by atoms with Crippen LogP contribution in [0.15, 0.2) is 22.2 Å². The van der Waals surface area contributed by atoms with E-state index in [9.17, 15) is 14.1 Å².